The molecular weight excluding hydrogens is 533 g/mol. The first kappa shape index (κ1) is 39.0. The van der Waals surface area contributed by atoms with Gasteiger partial charge >= 0.3 is 19.8 Å². The average molecular weight is 594 g/mol. The van der Waals surface area contributed by atoms with Crippen molar-refractivity contribution < 1.29 is 37.6 Å². The van der Waals surface area contributed by atoms with Gasteiger partial charge in [-0.2, -0.15) is 0 Å². The zero-order valence-corrected chi connectivity index (χ0v) is 26.5. The number of nitrogens with two attached hydrogens (primary N) is 1. The molecule has 0 saturated heterocycles. The lowest BCUT2D eigenvalue weighted by molar-refractivity contribution is -0.161. The molecule has 0 aliphatic heterocycles. The third-order valence-electron chi connectivity index (χ3n) is 6.74. The minimum Gasteiger partial charge on any atom is -0.462 e. The number of rotatable bonds is 30. The molecule has 0 bridgehead atoms. The number of ether oxygens (including phenoxy) is 2. The number of unbranched alkanes of at least 4 members (excludes halogenated alkanes) is 17. The molecule has 238 valence electrons. The topological polar surface area (TPSA) is 134 Å². The highest BCUT2D eigenvalue weighted by molar-refractivity contribution is 7.47. The molecule has 3 N–H and O–H groups in total. The summed E-state index contributed by atoms with van der Waals surface area (Å²) in [5.74, 6) is -0.830. The van der Waals surface area contributed by atoms with E-state index in [2.05, 4.69) is 13.8 Å². The van der Waals surface area contributed by atoms with Gasteiger partial charge < -0.3 is 20.1 Å². The molecular formula is C30H60NO8P. The van der Waals surface area contributed by atoms with Gasteiger partial charge in [0, 0.05) is 19.4 Å². The molecule has 0 rings (SSSR count). The Kier molecular flexibility index (Phi) is 27.4. The smallest absolute Gasteiger partial charge is 0.462 e. The van der Waals surface area contributed by atoms with E-state index in [-0.39, 0.29) is 38.6 Å². The summed E-state index contributed by atoms with van der Waals surface area (Å²) >= 11 is 0. The predicted octanol–water partition coefficient (Wildman–Crippen LogP) is 7.77. The third kappa shape index (κ3) is 27.2. The minimum atomic E-state index is -4.35. The molecule has 0 saturated carbocycles. The SMILES string of the molecule is CCCCCCCCCCCCCC(=O)OCC(COP(=O)(O)OCCN)OC(=O)CCCCCCCCCC. The van der Waals surface area contributed by atoms with Crippen LogP contribution < -0.4 is 5.73 Å². The molecule has 0 amide bonds. The lowest BCUT2D eigenvalue weighted by Gasteiger charge is -2.19. The molecule has 0 aliphatic rings. The molecule has 9 nitrogen and oxygen atoms in total. The van der Waals surface area contributed by atoms with Crippen molar-refractivity contribution in [3.63, 3.8) is 0 Å². The Bertz CT molecular complexity index is 649. The van der Waals surface area contributed by atoms with Crippen LogP contribution in [0.3, 0.4) is 0 Å². The molecule has 0 fully saturated rings. The van der Waals surface area contributed by atoms with Gasteiger partial charge in [-0.3, -0.25) is 18.6 Å². The summed E-state index contributed by atoms with van der Waals surface area (Å²) in [6.45, 7) is 3.67. The number of hydrogen-bond donors (Lipinski definition) is 2. The van der Waals surface area contributed by atoms with E-state index in [1.54, 1.807) is 0 Å². The molecule has 0 heterocycles. The van der Waals surface area contributed by atoms with Crippen LogP contribution in [0, 0.1) is 0 Å². The molecule has 0 aliphatic carbocycles. The molecule has 40 heavy (non-hydrogen) atoms. The van der Waals surface area contributed by atoms with E-state index in [9.17, 15) is 19.0 Å². The maximum absolute atomic E-state index is 12.4. The molecule has 10 heteroatoms. The van der Waals surface area contributed by atoms with E-state index in [0.29, 0.717) is 6.42 Å². The van der Waals surface area contributed by atoms with Gasteiger partial charge in [-0.15, -0.1) is 0 Å². The van der Waals surface area contributed by atoms with Gasteiger partial charge in [0.15, 0.2) is 6.10 Å². The van der Waals surface area contributed by atoms with Crippen molar-refractivity contribution in [1.82, 2.24) is 0 Å². The van der Waals surface area contributed by atoms with Gasteiger partial charge in [0.1, 0.15) is 6.61 Å². The van der Waals surface area contributed by atoms with Gasteiger partial charge in [0.25, 0.3) is 0 Å². The van der Waals surface area contributed by atoms with Crippen LogP contribution in [0.2, 0.25) is 0 Å². The Hall–Kier alpha value is -0.990. The maximum Gasteiger partial charge on any atom is 0.472 e. The van der Waals surface area contributed by atoms with Gasteiger partial charge in [-0.05, 0) is 12.8 Å². The summed E-state index contributed by atoms with van der Waals surface area (Å²) in [7, 11) is -4.35. The van der Waals surface area contributed by atoms with Crippen LogP contribution in [-0.2, 0) is 32.7 Å². The largest absolute Gasteiger partial charge is 0.472 e. The lowest BCUT2D eigenvalue weighted by Crippen LogP contribution is -2.29. The molecule has 0 radical (unpaired) electrons. The number of phosphoric ester groups is 1. The summed E-state index contributed by atoms with van der Waals surface area (Å²) in [5.41, 5.74) is 5.30. The molecule has 0 aromatic heterocycles. The van der Waals surface area contributed by atoms with E-state index in [1.165, 1.54) is 77.0 Å². The first-order valence-corrected chi connectivity index (χ1v) is 17.5. The van der Waals surface area contributed by atoms with Crippen molar-refractivity contribution in [3.8, 4) is 0 Å². The van der Waals surface area contributed by atoms with Crippen LogP contribution in [0.4, 0.5) is 0 Å². The van der Waals surface area contributed by atoms with Gasteiger partial charge in [0.05, 0.1) is 13.2 Å². The van der Waals surface area contributed by atoms with Crippen LogP contribution in [0.5, 0.6) is 0 Å². The second-order valence-corrected chi connectivity index (χ2v) is 12.1. The van der Waals surface area contributed by atoms with Crippen molar-refractivity contribution in [2.45, 2.75) is 155 Å². The highest BCUT2D eigenvalue weighted by atomic mass is 31.2. The lowest BCUT2D eigenvalue weighted by atomic mass is 10.1. The van der Waals surface area contributed by atoms with Crippen LogP contribution in [0.25, 0.3) is 0 Å². The number of carbonyl (C=O) groups excluding carboxylic acids is 2. The van der Waals surface area contributed by atoms with E-state index in [4.69, 9.17) is 24.3 Å². The standard InChI is InChI=1S/C30H60NO8P/c1-3-5-7-9-11-13-14-15-17-18-20-22-29(32)36-26-28(27-38-40(34,35)37-25-24-31)39-30(33)23-21-19-16-12-10-8-6-4-2/h28H,3-27,31H2,1-2H3,(H,34,35). The van der Waals surface area contributed by atoms with Gasteiger partial charge in [-0.25, -0.2) is 4.57 Å². The van der Waals surface area contributed by atoms with Crippen molar-refractivity contribution in [2.24, 2.45) is 5.73 Å². The second kappa shape index (κ2) is 28.1. The molecule has 0 aromatic carbocycles. The minimum absolute atomic E-state index is 0.0571. The van der Waals surface area contributed by atoms with Crippen molar-refractivity contribution in [2.75, 3.05) is 26.4 Å². The molecule has 0 aromatic rings. The van der Waals surface area contributed by atoms with E-state index in [1.807, 2.05) is 0 Å². The van der Waals surface area contributed by atoms with Crippen LogP contribution in [0.15, 0.2) is 0 Å². The van der Waals surface area contributed by atoms with Crippen LogP contribution in [-0.4, -0.2) is 49.3 Å². The molecule has 0 spiro atoms. The first-order chi connectivity index (χ1) is 19.3. The summed E-state index contributed by atoms with van der Waals surface area (Å²) in [4.78, 5) is 34.3. The van der Waals surface area contributed by atoms with Gasteiger partial charge in [0.2, 0.25) is 0 Å². The third-order valence-corrected chi connectivity index (χ3v) is 7.73. The van der Waals surface area contributed by atoms with E-state index >= 15 is 0 Å². The quantitative estimate of drug-likeness (QED) is 0.0486. The molecule has 2 unspecified atom stereocenters. The Morgan fingerprint density at radius 2 is 1.07 bits per heavy atom. The Labute approximate surface area is 244 Å². The maximum atomic E-state index is 12.4. The van der Waals surface area contributed by atoms with E-state index < -0.39 is 26.5 Å². The van der Waals surface area contributed by atoms with Crippen molar-refractivity contribution in [3.05, 3.63) is 0 Å². The normalized spacial score (nSPS) is 13.6. The average Bonchev–Trinajstić information content (AvgIpc) is 2.93. The van der Waals surface area contributed by atoms with Crippen LogP contribution >= 0.6 is 7.82 Å². The fourth-order valence-electron chi connectivity index (χ4n) is 4.34. The highest BCUT2D eigenvalue weighted by Gasteiger charge is 2.25. The summed E-state index contributed by atoms with van der Waals surface area (Å²) in [6, 6.07) is 0. The van der Waals surface area contributed by atoms with Gasteiger partial charge in [-0.1, -0.05) is 123 Å². The van der Waals surface area contributed by atoms with Crippen molar-refractivity contribution in [1.29, 1.82) is 0 Å². The predicted molar refractivity (Wildman–Crippen MR) is 160 cm³/mol. The molecule has 2 atom stereocenters. The Morgan fingerprint density at radius 3 is 1.52 bits per heavy atom. The Morgan fingerprint density at radius 1 is 0.650 bits per heavy atom. The summed E-state index contributed by atoms with van der Waals surface area (Å²) in [5, 5.41) is 0. The highest BCUT2D eigenvalue weighted by Crippen LogP contribution is 2.43. The monoisotopic (exact) mass is 593 g/mol. The number of esters is 2. The number of carbonyl (C=O) groups is 2. The number of phosphoric acid groups is 1. The second-order valence-electron chi connectivity index (χ2n) is 10.7. The van der Waals surface area contributed by atoms with Crippen LogP contribution in [0.1, 0.15) is 149 Å². The zero-order valence-electron chi connectivity index (χ0n) is 25.6. The van der Waals surface area contributed by atoms with Crippen molar-refractivity contribution >= 4 is 19.8 Å². The number of hydrogen-bond acceptors (Lipinski definition) is 8. The fourth-order valence-corrected chi connectivity index (χ4v) is 5.10. The first-order valence-electron chi connectivity index (χ1n) is 16.0. The Balaban J connectivity index is 4.28. The summed E-state index contributed by atoms with van der Waals surface area (Å²) in [6.07, 6.45) is 21.5. The zero-order chi connectivity index (χ0) is 29.7. The summed E-state index contributed by atoms with van der Waals surface area (Å²) < 4.78 is 32.4. The van der Waals surface area contributed by atoms with E-state index in [0.717, 1.165) is 38.5 Å². The fraction of sp³-hybridized carbons (Fsp3) is 0.933.